The Morgan fingerprint density at radius 3 is 2.72 bits per heavy atom. The van der Waals surface area contributed by atoms with Crippen molar-refractivity contribution in [3.63, 3.8) is 0 Å². The molecule has 0 unspecified atom stereocenters. The van der Waals surface area contributed by atoms with Crippen LogP contribution in [0.2, 0.25) is 0 Å². The number of imidazole rings is 1. The monoisotopic (exact) mass is 339 g/mol. The Morgan fingerprint density at radius 1 is 1.12 bits per heavy atom. The van der Waals surface area contributed by atoms with Crippen LogP contribution in [0.4, 0.5) is 5.95 Å². The Kier molecular flexibility index (Phi) is 4.79. The Balaban J connectivity index is 1.77. The third kappa shape index (κ3) is 3.52. The molecule has 0 bridgehead atoms. The van der Waals surface area contributed by atoms with E-state index in [-0.39, 0.29) is 5.75 Å². The number of rotatable bonds is 6. The number of nitrogens with one attached hydrogen (secondary N) is 1. The summed E-state index contributed by atoms with van der Waals surface area (Å²) in [6, 6.07) is 13.1. The van der Waals surface area contributed by atoms with Crippen LogP contribution in [0.1, 0.15) is 5.56 Å². The summed E-state index contributed by atoms with van der Waals surface area (Å²) < 4.78 is 12.4. The molecule has 6 heteroatoms. The topological polar surface area (TPSA) is 68.5 Å². The van der Waals surface area contributed by atoms with Gasteiger partial charge < -0.3 is 24.5 Å². The molecule has 0 saturated carbocycles. The molecule has 0 aliphatic heterocycles. The molecular formula is C19H21N3O3. The molecular weight excluding hydrogens is 318 g/mol. The molecule has 2 aromatic carbocycles. The molecule has 0 saturated heterocycles. The Bertz CT molecular complexity index is 874. The third-order valence-corrected chi connectivity index (χ3v) is 4.05. The molecule has 0 aliphatic rings. The highest BCUT2D eigenvalue weighted by Gasteiger charge is 2.10. The van der Waals surface area contributed by atoms with Gasteiger partial charge in [-0.3, -0.25) is 0 Å². The lowest BCUT2D eigenvalue weighted by molar-refractivity contribution is 0.373. The molecule has 3 aromatic rings. The predicted octanol–water partition coefficient (Wildman–Crippen LogP) is 3.42. The van der Waals surface area contributed by atoms with Crippen molar-refractivity contribution in [1.82, 2.24) is 9.55 Å². The zero-order valence-electron chi connectivity index (χ0n) is 14.5. The number of hydrogen-bond acceptors (Lipinski definition) is 5. The van der Waals surface area contributed by atoms with Gasteiger partial charge >= 0.3 is 0 Å². The summed E-state index contributed by atoms with van der Waals surface area (Å²) in [5, 5.41) is 13.0. The zero-order chi connectivity index (χ0) is 17.8. The first-order valence-electron chi connectivity index (χ1n) is 7.88. The molecule has 130 valence electrons. The summed E-state index contributed by atoms with van der Waals surface area (Å²) in [5.41, 5.74) is 3.01. The Labute approximate surface area is 146 Å². The number of ether oxygens (including phenoxy) is 2. The van der Waals surface area contributed by atoms with E-state index in [1.807, 2.05) is 48.1 Å². The van der Waals surface area contributed by atoms with Crippen LogP contribution in [-0.2, 0) is 13.6 Å². The summed E-state index contributed by atoms with van der Waals surface area (Å²) in [5.74, 6) is 2.15. The average Bonchev–Trinajstić information content (AvgIpc) is 3.01. The van der Waals surface area contributed by atoms with Gasteiger partial charge in [-0.15, -0.1) is 0 Å². The standard InChI is InChI=1S/C19H21N3O3/c1-22-16(14-5-4-6-15(10-14)24-2)12-21-19(22)20-11-13-7-8-17(23)18(9-13)25-3/h4-10,12,23H,11H2,1-3H3,(H,20,21). The second-order valence-electron chi connectivity index (χ2n) is 5.62. The van der Waals surface area contributed by atoms with Crippen LogP contribution in [-0.4, -0.2) is 28.9 Å². The van der Waals surface area contributed by atoms with E-state index in [9.17, 15) is 5.11 Å². The van der Waals surface area contributed by atoms with E-state index in [0.717, 1.165) is 28.5 Å². The quantitative estimate of drug-likeness (QED) is 0.720. The van der Waals surface area contributed by atoms with Crippen molar-refractivity contribution in [2.24, 2.45) is 7.05 Å². The lowest BCUT2D eigenvalue weighted by atomic mass is 10.1. The fourth-order valence-corrected chi connectivity index (χ4v) is 2.64. The maximum atomic E-state index is 9.66. The van der Waals surface area contributed by atoms with E-state index in [1.165, 1.54) is 7.11 Å². The minimum atomic E-state index is 0.128. The van der Waals surface area contributed by atoms with Crippen LogP contribution < -0.4 is 14.8 Å². The molecule has 0 spiro atoms. The Morgan fingerprint density at radius 2 is 1.96 bits per heavy atom. The lowest BCUT2D eigenvalue weighted by Crippen LogP contribution is -2.05. The number of anilines is 1. The molecule has 25 heavy (non-hydrogen) atoms. The van der Waals surface area contributed by atoms with Crippen molar-refractivity contribution in [3.8, 4) is 28.5 Å². The van der Waals surface area contributed by atoms with Crippen molar-refractivity contribution in [2.45, 2.75) is 6.54 Å². The number of aromatic hydroxyl groups is 1. The first kappa shape index (κ1) is 16.7. The predicted molar refractivity (Wildman–Crippen MR) is 97.2 cm³/mol. The number of methoxy groups -OCH3 is 2. The normalized spacial score (nSPS) is 10.5. The van der Waals surface area contributed by atoms with Gasteiger partial charge in [-0.05, 0) is 29.8 Å². The summed E-state index contributed by atoms with van der Waals surface area (Å²) in [4.78, 5) is 4.45. The molecule has 0 radical (unpaired) electrons. The average molecular weight is 339 g/mol. The van der Waals surface area contributed by atoms with Gasteiger partial charge in [-0.25, -0.2) is 4.98 Å². The van der Waals surface area contributed by atoms with Crippen molar-refractivity contribution in [1.29, 1.82) is 0 Å². The molecule has 1 heterocycles. The van der Waals surface area contributed by atoms with Crippen LogP contribution >= 0.6 is 0 Å². The van der Waals surface area contributed by atoms with E-state index in [4.69, 9.17) is 9.47 Å². The van der Waals surface area contributed by atoms with Crippen LogP contribution in [0, 0.1) is 0 Å². The van der Waals surface area contributed by atoms with Gasteiger partial charge in [0.1, 0.15) is 5.75 Å². The SMILES string of the molecule is COc1cccc(-c2cnc(NCc3ccc(O)c(OC)c3)n2C)c1. The molecule has 6 nitrogen and oxygen atoms in total. The highest BCUT2D eigenvalue weighted by molar-refractivity contribution is 5.63. The molecule has 0 atom stereocenters. The van der Waals surface area contributed by atoms with Gasteiger partial charge in [0.15, 0.2) is 11.5 Å². The van der Waals surface area contributed by atoms with Crippen LogP contribution in [0.5, 0.6) is 17.2 Å². The number of nitrogens with zero attached hydrogens (tertiary/aromatic N) is 2. The van der Waals surface area contributed by atoms with Crippen molar-refractivity contribution in [3.05, 3.63) is 54.2 Å². The molecule has 1 aromatic heterocycles. The van der Waals surface area contributed by atoms with Gasteiger partial charge in [-0.1, -0.05) is 18.2 Å². The lowest BCUT2D eigenvalue weighted by Gasteiger charge is -2.10. The minimum Gasteiger partial charge on any atom is -0.504 e. The van der Waals surface area contributed by atoms with Crippen molar-refractivity contribution >= 4 is 5.95 Å². The molecule has 0 aliphatic carbocycles. The van der Waals surface area contributed by atoms with Gasteiger partial charge in [0.2, 0.25) is 5.95 Å². The number of phenols is 1. The number of benzene rings is 2. The maximum Gasteiger partial charge on any atom is 0.203 e. The summed E-state index contributed by atoms with van der Waals surface area (Å²) in [7, 11) is 5.15. The second kappa shape index (κ2) is 7.17. The maximum absolute atomic E-state index is 9.66. The van der Waals surface area contributed by atoms with E-state index in [1.54, 1.807) is 19.2 Å². The van der Waals surface area contributed by atoms with Gasteiger partial charge in [0, 0.05) is 19.2 Å². The van der Waals surface area contributed by atoms with E-state index in [0.29, 0.717) is 12.3 Å². The largest absolute Gasteiger partial charge is 0.504 e. The van der Waals surface area contributed by atoms with Crippen molar-refractivity contribution < 1.29 is 14.6 Å². The third-order valence-electron chi connectivity index (χ3n) is 4.05. The second-order valence-corrected chi connectivity index (χ2v) is 5.62. The van der Waals surface area contributed by atoms with E-state index >= 15 is 0 Å². The molecule has 0 amide bonds. The van der Waals surface area contributed by atoms with Gasteiger partial charge in [0.25, 0.3) is 0 Å². The molecule has 2 N–H and O–H groups in total. The Hall–Kier alpha value is -3.15. The van der Waals surface area contributed by atoms with E-state index in [2.05, 4.69) is 10.3 Å². The number of phenolic OH excluding ortho intramolecular Hbond substituents is 1. The number of hydrogen-bond donors (Lipinski definition) is 2. The smallest absolute Gasteiger partial charge is 0.203 e. The fourth-order valence-electron chi connectivity index (χ4n) is 2.64. The molecule has 0 fully saturated rings. The highest BCUT2D eigenvalue weighted by atomic mass is 16.5. The van der Waals surface area contributed by atoms with Gasteiger partial charge in [-0.2, -0.15) is 0 Å². The molecule has 3 rings (SSSR count). The summed E-state index contributed by atoms with van der Waals surface area (Å²) in [6.07, 6.45) is 1.83. The van der Waals surface area contributed by atoms with E-state index < -0.39 is 0 Å². The first-order chi connectivity index (χ1) is 12.1. The zero-order valence-corrected chi connectivity index (χ0v) is 14.5. The first-order valence-corrected chi connectivity index (χ1v) is 7.88. The van der Waals surface area contributed by atoms with Crippen molar-refractivity contribution in [2.75, 3.05) is 19.5 Å². The summed E-state index contributed by atoms with van der Waals surface area (Å²) in [6.45, 7) is 0.568. The van der Waals surface area contributed by atoms with Crippen LogP contribution in [0.15, 0.2) is 48.7 Å². The highest BCUT2D eigenvalue weighted by Crippen LogP contribution is 2.28. The van der Waals surface area contributed by atoms with Crippen LogP contribution in [0.3, 0.4) is 0 Å². The van der Waals surface area contributed by atoms with Crippen LogP contribution in [0.25, 0.3) is 11.3 Å². The minimum absolute atomic E-state index is 0.128. The fraction of sp³-hybridized carbons (Fsp3) is 0.211. The summed E-state index contributed by atoms with van der Waals surface area (Å²) >= 11 is 0. The van der Waals surface area contributed by atoms with Gasteiger partial charge in [0.05, 0.1) is 26.1 Å². The number of aromatic nitrogens is 2.